The van der Waals surface area contributed by atoms with E-state index in [0.717, 1.165) is 43.8 Å². The van der Waals surface area contributed by atoms with Gasteiger partial charge in [0.05, 0.1) is 13.2 Å². The molecule has 1 saturated heterocycles. The molecule has 1 aromatic heterocycles. The number of hydrogen-bond donors (Lipinski definition) is 2. The largest absolute Gasteiger partial charge is 0.379 e. The minimum atomic E-state index is -0.0443. The number of aryl methyl sites for hydroxylation is 1. The third-order valence-electron chi connectivity index (χ3n) is 3.84. The number of carbonyl (C=O) groups excluding carboxylic acids is 1. The average Bonchev–Trinajstić information content (AvgIpc) is 2.91. The van der Waals surface area contributed by atoms with Crippen LogP contribution in [0.1, 0.15) is 16.1 Å². The number of rotatable bonds is 4. The number of fused-ring (bicyclic) bond motifs is 1. The number of carbonyl (C=O) groups is 1. The van der Waals surface area contributed by atoms with Crippen molar-refractivity contribution in [3.8, 4) is 0 Å². The van der Waals surface area contributed by atoms with Crippen LogP contribution in [0.2, 0.25) is 0 Å². The molecule has 3 rings (SSSR count). The average molecular weight is 287 g/mol. The lowest BCUT2D eigenvalue weighted by Crippen LogP contribution is -2.41. The van der Waals surface area contributed by atoms with E-state index in [0.29, 0.717) is 12.2 Å². The molecule has 0 unspecified atom stereocenters. The third-order valence-corrected chi connectivity index (χ3v) is 3.84. The molecule has 5 heteroatoms. The van der Waals surface area contributed by atoms with Crippen molar-refractivity contribution in [2.75, 3.05) is 39.4 Å². The summed E-state index contributed by atoms with van der Waals surface area (Å²) < 4.78 is 5.31. The third kappa shape index (κ3) is 3.43. The van der Waals surface area contributed by atoms with E-state index in [9.17, 15) is 4.79 Å². The van der Waals surface area contributed by atoms with Crippen LogP contribution in [0.4, 0.5) is 0 Å². The molecule has 1 aliphatic rings. The van der Waals surface area contributed by atoms with Gasteiger partial charge in [-0.3, -0.25) is 9.69 Å². The van der Waals surface area contributed by atoms with Gasteiger partial charge in [-0.1, -0.05) is 12.1 Å². The number of amides is 1. The van der Waals surface area contributed by atoms with Crippen LogP contribution in [0.15, 0.2) is 24.3 Å². The van der Waals surface area contributed by atoms with Gasteiger partial charge >= 0.3 is 0 Å². The van der Waals surface area contributed by atoms with E-state index in [1.807, 2.05) is 19.1 Å². The van der Waals surface area contributed by atoms with Gasteiger partial charge in [-0.2, -0.15) is 0 Å². The quantitative estimate of drug-likeness (QED) is 0.897. The molecule has 1 amide bonds. The Balaban J connectivity index is 1.56. The summed E-state index contributed by atoms with van der Waals surface area (Å²) in [5.41, 5.74) is 2.81. The van der Waals surface area contributed by atoms with Gasteiger partial charge in [-0.25, -0.2) is 0 Å². The summed E-state index contributed by atoms with van der Waals surface area (Å²) in [6, 6.07) is 8.04. The van der Waals surface area contributed by atoms with Crippen LogP contribution in [-0.2, 0) is 4.74 Å². The Kier molecular flexibility index (Phi) is 4.22. The van der Waals surface area contributed by atoms with Crippen molar-refractivity contribution in [1.82, 2.24) is 15.2 Å². The first kappa shape index (κ1) is 14.1. The molecule has 21 heavy (non-hydrogen) atoms. The van der Waals surface area contributed by atoms with Crippen molar-refractivity contribution >= 4 is 16.8 Å². The molecule has 2 heterocycles. The summed E-state index contributed by atoms with van der Waals surface area (Å²) in [6.07, 6.45) is 0. The highest BCUT2D eigenvalue weighted by Gasteiger charge is 2.12. The van der Waals surface area contributed by atoms with Crippen LogP contribution in [0.3, 0.4) is 0 Å². The lowest BCUT2D eigenvalue weighted by atomic mass is 10.2. The van der Waals surface area contributed by atoms with Crippen molar-refractivity contribution in [2.24, 2.45) is 0 Å². The maximum absolute atomic E-state index is 12.2. The molecule has 1 aromatic carbocycles. The minimum absolute atomic E-state index is 0.0443. The molecular weight excluding hydrogens is 266 g/mol. The molecule has 1 aliphatic heterocycles. The maximum Gasteiger partial charge on any atom is 0.267 e. The highest BCUT2D eigenvalue weighted by Crippen LogP contribution is 2.16. The van der Waals surface area contributed by atoms with Gasteiger partial charge in [0.2, 0.25) is 0 Å². The van der Waals surface area contributed by atoms with Crippen LogP contribution in [0.5, 0.6) is 0 Å². The number of benzene rings is 1. The van der Waals surface area contributed by atoms with Gasteiger partial charge in [0.15, 0.2) is 0 Å². The Labute approximate surface area is 124 Å². The van der Waals surface area contributed by atoms with Crippen molar-refractivity contribution in [1.29, 1.82) is 0 Å². The molecule has 0 bridgehead atoms. The lowest BCUT2D eigenvalue weighted by molar-refractivity contribution is 0.0383. The molecule has 1 fully saturated rings. The van der Waals surface area contributed by atoms with Crippen molar-refractivity contribution in [3.63, 3.8) is 0 Å². The summed E-state index contributed by atoms with van der Waals surface area (Å²) >= 11 is 0. The molecule has 2 aromatic rings. The van der Waals surface area contributed by atoms with Gasteiger partial charge < -0.3 is 15.0 Å². The van der Waals surface area contributed by atoms with Gasteiger partial charge in [0.25, 0.3) is 5.91 Å². The van der Waals surface area contributed by atoms with Gasteiger partial charge in [-0.05, 0) is 24.6 Å². The summed E-state index contributed by atoms with van der Waals surface area (Å²) in [5.74, 6) is -0.0443. The zero-order valence-corrected chi connectivity index (χ0v) is 12.3. The Morgan fingerprint density at radius 2 is 2.14 bits per heavy atom. The SMILES string of the molecule is Cc1ccc2cc(C(=O)NCCN3CCOCC3)[nH]c2c1. The molecule has 0 spiro atoms. The Hall–Kier alpha value is -1.85. The zero-order valence-electron chi connectivity index (χ0n) is 12.3. The highest BCUT2D eigenvalue weighted by molar-refractivity contribution is 5.98. The van der Waals surface area contributed by atoms with Crippen LogP contribution in [-0.4, -0.2) is 55.2 Å². The normalized spacial score (nSPS) is 16.2. The number of aromatic nitrogens is 1. The molecule has 2 N–H and O–H groups in total. The monoisotopic (exact) mass is 287 g/mol. The highest BCUT2D eigenvalue weighted by atomic mass is 16.5. The van der Waals surface area contributed by atoms with Crippen LogP contribution < -0.4 is 5.32 Å². The Bertz CT molecular complexity index is 629. The number of ether oxygens (including phenoxy) is 1. The summed E-state index contributed by atoms with van der Waals surface area (Å²) in [7, 11) is 0. The van der Waals surface area contributed by atoms with E-state index < -0.39 is 0 Å². The van der Waals surface area contributed by atoms with Crippen LogP contribution >= 0.6 is 0 Å². The summed E-state index contributed by atoms with van der Waals surface area (Å²) in [6.45, 7) is 7.04. The van der Waals surface area contributed by atoms with Crippen molar-refractivity contribution in [2.45, 2.75) is 6.92 Å². The number of nitrogens with zero attached hydrogens (tertiary/aromatic N) is 1. The molecular formula is C16H21N3O2. The van der Waals surface area contributed by atoms with Crippen LogP contribution in [0, 0.1) is 6.92 Å². The second-order valence-electron chi connectivity index (χ2n) is 5.48. The smallest absolute Gasteiger partial charge is 0.267 e. The number of nitrogens with one attached hydrogen (secondary N) is 2. The van der Waals surface area contributed by atoms with Crippen molar-refractivity contribution < 1.29 is 9.53 Å². The molecule has 0 radical (unpaired) electrons. The lowest BCUT2D eigenvalue weighted by Gasteiger charge is -2.26. The molecule has 0 atom stereocenters. The molecule has 0 saturated carbocycles. The summed E-state index contributed by atoms with van der Waals surface area (Å²) in [4.78, 5) is 17.6. The molecule has 0 aliphatic carbocycles. The van der Waals surface area contributed by atoms with Gasteiger partial charge in [0.1, 0.15) is 5.69 Å². The number of hydrogen-bond acceptors (Lipinski definition) is 3. The first-order valence-corrected chi connectivity index (χ1v) is 7.40. The zero-order chi connectivity index (χ0) is 14.7. The van der Waals surface area contributed by atoms with Gasteiger partial charge in [0, 0.05) is 37.1 Å². The topological polar surface area (TPSA) is 57.4 Å². The number of morpholine rings is 1. The van der Waals surface area contributed by atoms with Crippen molar-refractivity contribution in [3.05, 3.63) is 35.5 Å². The standard InChI is InChI=1S/C16H21N3O2/c1-12-2-3-13-11-15(18-14(13)10-12)16(20)17-4-5-19-6-8-21-9-7-19/h2-3,10-11,18H,4-9H2,1H3,(H,17,20). The van der Waals surface area contributed by atoms with E-state index in [1.54, 1.807) is 0 Å². The van der Waals surface area contributed by atoms with E-state index in [4.69, 9.17) is 4.74 Å². The number of H-pyrrole nitrogens is 1. The summed E-state index contributed by atoms with van der Waals surface area (Å²) in [5, 5.41) is 4.04. The second-order valence-corrected chi connectivity index (χ2v) is 5.48. The Morgan fingerprint density at radius 3 is 2.95 bits per heavy atom. The maximum atomic E-state index is 12.2. The first-order valence-electron chi connectivity index (χ1n) is 7.40. The second kappa shape index (κ2) is 6.28. The van der Waals surface area contributed by atoms with E-state index >= 15 is 0 Å². The predicted octanol–water partition coefficient (Wildman–Crippen LogP) is 1.54. The predicted molar refractivity (Wildman–Crippen MR) is 82.6 cm³/mol. The fourth-order valence-electron chi connectivity index (χ4n) is 2.61. The van der Waals surface area contributed by atoms with E-state index in [2.05, 4.69) is 27.3 Å². The van der Waals surface area contributed by atoms with E-state index in [-0.39, 0.29) is 5.91 Å². The van der Waals surface area contributed by atoms with Crippen LogP contribution in [0.25, 0.3) is 10.9 Å². The number of aromatic amines is 1. The first-order chi connectivity index (χ1) is 10.2. The minimum Gasteiger partial charge on any atom is -0.379 e. The molecule has 112 valence electrons. The Morgan fingerprint density at radius 1 is 1.33 bits per heavy atom. The molecule has 5 nitrogen and oxygen atoms in total. The van der Waals surface area contributed by atoms with Gasteiger partial charge in [-0.15, -0.1) is 0 Å². The fourth-order valence-corrected chi connectivity index (χ4v) is 2.61. The van der Waals surface area contributed by atoms with E-state index in [1.165, 1.54) is 5.56 Å². The fraction of sp³-hybridized carbons (Fsp3) is 0.438.